The van der Waals surface area contributed by atoms with Crippen molar-refractivity contribution in [1.82, 2.24) is 0 Å². The number of hydrogen-bond donors (Lipinski definition) is 2. The van der Waals surface area contributed by atoms with Crippen LogP contribution in [-0.4, -0.2) is 11.8 Å². The number of nitrogens with one attached hydrogen (secondary N) is 1. The van der Waals surface area contributed by atoms with Crippen LogP contribution in [0.5, 0.6) is 0 Å². The number of hydrogen-bond acceptors (Lipinski definition) is 2. The normalized spacial score (nSPS) is 15.7. The van der Waals surface area contributed by atoms with Gasteiger partial charge in [0.05, 0.1) is 0 Å². The fourth-order valence-corrected chi connectivity index (χ4v) is 1.65. The van der Waals surface area contributed by atoms with Crippen LogP contribution in [-0.2, 0) is 9.59 Å². The highest BCUT2D eigenvalue weighted by atomic mass is 16.2. The molecule has 86 valence electrons. The molecule has 17 heavy (non-hydrogen) atoms. The molecular formula is C13H12N2O2. The molecule has 0 saturated heterocycles. The van der Waals surface area contributed by atoms with E-state index in [0.29, 0.717) is 24.1 Å². The van der Waals surface area contributed by atoms with Crippen LogP contribution in [0.3, 0.4) is 0 Å². The Balaban J connectivity index is 2.14. The second-order valence-electron chi connectivity index (χ2n) is 4.13. The second kappa shape index (κ2) is 3.95. The molecule has 2 rings (SSSR count). The highest BCUT2D eigenvalue weighted by Gasteiger charge is 2.55. The number of primary amides is 1. The van der Waals surface area contributed by atoms with E-state index in [-0.39, 0.29) is 5.91 Å². The molecule has 4 nitrogen and oxygen atoms in total. The molecule has 0 aromatic heterocycles. The Bertz CT molecular complexity index is 524. The van der Waals surface area contributed by atoms with Crippen LogP contribution in [0, 0.1) is 17.8 Å². The lowest BCUT2D eigenvalue weighted by Gasteiger charge is -2.11. The summed E-state index contributed by atoms with van der Waals surface area (Å²) < 4.78 is 0. The van der Waals surface area contributed by atoms with Crippen molar-refractivity contribution in [3.05, 3.63) is 29.8 Å². The van der Waals surface area contributed by atoms with E-state index in [0.717, 1.165) is 0 Å². The van der Waals surface area contributed by atoms with Crippen LogP contribution in [0.1, 0.15) is 18.4 Å². The van der Waals surface area contributed by atoms with Gasteiger partial charge in [-0.1, -0.05) is 12.0 Å². The number of anilines is 1. The zero-order valence-corrected chi connectivity index (χ0v) is 9.19. The number of rotatable bonds is 3. The van der Waals surface area contributed by atoms with Gasteiger partial charge >= 0.3 is 0 Å². The quantitative estimate of drug-likeness (QED) is 0.595. The number of nitrogens with two attached hydrogens (primary N) is 1. The maximum absolute atomic E-state index is 11.9. The van der Waals surface area contributed by atoms with Crippen molar-refractivity contribution in [1.29, 1.82) is 0 Å². The summed E-state index contributed by atoms with van der Waals surface area (Å²) in [5.74, 6) is 1.56. The van der Waals surface area contributed by atoms with E-state index in [9.17, 15) is 9.59 Å². The minimum atomic E-state index is -1.01. The summed E-state index contributed by atoms with van der Waals surface area (Å²) >= 11 is 0. The Kier molecular flexibility index (Phi) is 2.60. The molecule has 0 unspecified atom stereocenters. The maximum atomic E-state index is 11.9. The van der Waals surface area contributed by atoms with E-state index in [4.69, 9.17) is 12.2 Å². The number of amides is 2. The highest BCUT2D eigenvalue weighted by Crippen LogP contribution is 2.46. The van der Waals surface area contributed by atoms with E-state index in [2.05, 4.69) is 11.2 Å². The highest BCUT2D eigenvalue weighted by molar-refractivity contribution is 6.12. The van der Waals surface area contributed by atoms with Gasteiger partial charge < -0.3 is 11.1 Å². The first kappa shape index (κ1) is 11.2. The molecule has 0 aliphatic heterocycles. The van der Waals surface area contributed by atoms with Gasteiger partial charge in [-0.15, -0.1) is 6.42 Å². The number of carbonyl (C=O) groups is 2. The molecule has 1 aliphatic rings. The molecule has 1 aromatic rings. The smallest absolute Gasteiger partial charge is 0.240 e. The fourth-order valence-electron chi connectivity index (χ4n) is 1.65. The van der Waals surface area contributed by atoms with E-state index >= 15 is 0 Å². The first-order valence-electron chi connectivity index (χ1n) is 5.26. The van der Waals surface area contributed by atoms with Gasteiger partial charge in [0.25, 0.3) is 0 Å². The Morgan fingerprint density at radius 3 is 2.65 bits per heavy atom. The molecule has 0 spiro atoms. The van der Waals surface area contributed by atoms with E-state index in [1.807, 2.05) is 0 Å². The Labute approximate surface area is 99.2 Å². The van der Waals surface area contributed by atoms with Gasteiger partial charge in [0.15, 0.2) is 0 Å². The molecule has 3 N–H and O–H groups in total. The van der Waals surface area contributed by atoms with Gasteiger partial charge in [0.1, 0.15) is 5.41 Å². The monoisotopic (exact) mass is 228 g/mol. The molecule has 1 aliphatic carbocycles. The molecule has 1 aromatic carbocycles. The van der Waals surface area contributed by atoms with Crippen molar-refractivity contribution in [2.75, 3.05) is 5.32 Å². The third-order valence-corrected chi connectivity index (χ3v) is 2.94. The molecular weight excluding hydrogens is 216 g/mol. The van der Waals surface area contributed by atoms with Crippen LogP contribution < -0.4 is 11.1 Å². The molecule has 0 atom stereocenters. The predicted octanol–water partition coefficient (Wildman–Crippen LogP) is 0.872. The molecule has 0 bridgehead atoms. The van der Waals surface area contributed by atoms with Crippen LogP contribution >= 0.6 is 0 Å². The molecule has 4 heteroatoms. The average Bonchev–Trinajstić information content (AvgIpc) is 3.10. The maximum Gasteiger partial charge on any atom is 0.240 e. The summed E-state index contributed by atoms with van der Waals surface area (Å²) in [5.41, 5.74) is 5.46. The van der Waals surface area contributed by atoms with Crippen molar-refractivity contribution in [2.24, 2.45) is 11.1 Å². The standard InChI is InChI=1S/C13H12N2O2/c1-2-9-4-3-5-10(8-9)15-12(17)13(6-7-13)11(14)16/h1,3-5,8H,6-7H2,(H2,14,16)(H,15,17). The lowest BCUT2D eigenvalue weighted by Crippen LogP contribution is -2.36. The summed E-state index contributed by atoms with van der Waals surface area (Å²) in [6, 6.07) is 6.90. The largest absolute Gasteiger partial charge is 0.369 e. The molecule has 0 radical (unpaired) electrons. The fraction of sp³-hybridized carbons (Fsp3) is 0.231. The summed E-state index contributed by atoms with van der Waals surface area (Å²) in [6.45, 7) is 0. The molecule has 0 heterocycles. The zero-order chi connectivity index (χ0) is 12.5. The van der Waals surface area contributed by atoms with E-state index < -0.39 is 11.3 Å². The third-order valence-electron chi connectivity index (χ3n) is 2.94. The summed E-state index contributed by atoms with van der Waals surface area (Å²) in [5, 5.41) is 2.67. The van der Waals surface area contributed by atoms with Crippen LogP contribution in [0.25, 0.3) is 0 Å². The van der Waals surface area contributed by atoms with Crippen LogP contribution in [0.4, 0.5) is 5.69 Å². The number of terminal acetylenes is 1. The molecule has 2 amide bonds. The van der Waals surface area contributed by atoms with Gasteiger partial charge in [0, 0.05) is 11.3 Å². The van der Waals surface area contributed by atoms with E-state index in [1.165, 1.54) is 0 Å². The first-order valence-corrected chi connectivity index (χ1v) is 5.26. The van der Waals surface area contributed by atoms with Gasteiger partial charge in [-0.25, -0.2) is 0 Å². The lowest BCUT2D eigenvalue weighted by molar-refractivity contribution is -0.132. The van der Waals surface area contributed by atoms with Gasteiger partial charge in [-0.3, -0.25) is 9.59 Å². The molecule has 1 fully saturated rings. The van der Waals surface area contributed by atoms with Gasteiger partial charge in [-0.2, -0.15) is 0 Å². The van der Waals surface area contributed by atoms with Crippen molar-refractivity contribution in [3.8, 4) is 12.3 Å². The summed E-state index contributed by atoms with van der Waals surface area (Å²) in [6.07, 6.45) is 6.29. The topological polar surface area (TPSA) is 72.2 Å². The van der Waals surface area contributed by atoms with Crippen molar-refractivity contribution >= 4 is 17.5 Å². The summed E-state index contributed by atoms with van der Waals surface area (Å²) in [7, 11) is 0. The number of benzene rings is 1. The molecule has 1 saturated carbocycles. The zero-order valence-electron chi connectivity index (χ0n) is 9.19. The van der Waals surface area contributed by atoms with Crippen molar-refractivity contribution in [3.63, 3.8) is 0 Å². The Morgan fingerprint density at radius 1 is 1.41 bits per heavy atom. The Hall–Kier alpha value is -2.28. The van der Waals surface area contributed by atoms with Crippen LogP contribution in [0.2, 0.25) is 0 Å². The van der Waals surface area contributed by atoms with Crippen molar-refractivity contribution in [2.45, 2.75) is 12.8 Å². The predicted molar refractivity (Wildman–Crippen MR) is 63.9 cm³/mol. The minimum absolute atomic E-state index is 0.348. The third kappa shape index (κ3) is 2.00. The Morgan fingerprint density at radius 2 is 2.12 bits per heavy atom. The lowest BCUT2D eigenvalue weighted by atomic mass is 10.1. The van der Waals surface area contributed by atoms with Gasteiger partial charge in [-0.05, 0) is 31.0 Å². The second-order valence-corrected chi connectivity index (χ2v) is 4.13. The summed E-state index contributed by atoms with van der Waals surface area (Å²) in [4.78, 5) is 23.0. The number of carbonyl (C=O) groups excluding carboxylic acids is 2. The van der Waals surface area contributed by atoms with E-state index in [1.54, 1.807) is 24.3 Å². The van der Waals surface area contributed by atoms with Crippen molar-refractivity contribution < 1.29 is 9.59 Å². The van der Waals surface area contributed by atoms with Gasteiger partial charge in [0.2, 0.25) is 11.8 Å². The SMILES string of the molecule is C#Cc1cccc(NC(=O)C2(C(N)=O)CC2)c1. The minimum Gasteiger partial charge on any atom is -0.369 e. The average molecular weight is 228 g/mol. The van der Waals surface area contributed by atoms with Crippen LogP contribution in [0.15, 0.2) is 24.3 Å². The first-order chi connectivity index (χ1) is 8.08.